The highest BCUT2D eigenvalue weighted by atomic mass is 32.1. The van der Waals surface area contributed by atoms with Gasteiger partial charge in [-0.1, -0.05) is 19.9 Å². The first kappa shape index (κ1) is 15.9. The lowest BCUT2D eigenvalue weighted by Gasteiger charge is -2.25. The van der Waals surface area contributed by atoms with Gasteiger partial charge in [0.15, 0.2) is 0 Å². The second-order valence-corrected chi connectivity index (χ2v) is 5.26. The van der Waals surface area contributed by atoms with E-state index >= 15 is 0 Å². The molecule has 0 saturated carbocycles. The van der Waals surface area contributed by atoms with E-state index in [-0.39, 0.29) is 5.92 Å². The zero-order valence-electron chi connectivity index (χ0n) is 10.1. The Bertz CT molecular complexity index is 427. The minimum absolute atomic E-state index is 0.313. The average Bonchev–Trinajstić information content (AvgIpc) is 2.76. The molecule has 8 heteroatoms. The predicted molar refractivity (Wildman–Crippen MR) is 61.0 cm³/mol. The molecular weight excluding hydrogens is 289 g/mol. The smallest absolute Gasteiger partial charge is 0.343 e. The van der Waals surface area contributed by atoms with Crippen molar-refractivity contribution in [2.75, 3.05) is 0 Å². The molecule has 1 unspecified atom stereocenters. The van der Waals surface area contributed by atoms with Gasteiger partial charge >= 0.3 is 18.0 Å². The highest BCUT2D eigenvalue weighted by Gasteiger charge is 2.63. The van der Waals surface area contributed by atoms with Crippen LogP contribution >= 0.6 is 11.3 Å². The van der Waals surface area contributed by atoms with Crippen molar-refractivity contribution in [1.82, 2.24) is 5.32 Å². The lowest BCUT2D eigenvalue weighted by atomic mass is 10.0. The van der Waals surface area contributed by atoms with Crippen LogP contribution in [0.5, 0.6) is 0 Å². The first-order valence-electron chi connectivity index (χ1n) is 5.36. The number of thiophene rings is 1. The van der Waals surface area contributed by atoms with E-state index in [1.807, 2.05) is 0 Å². The van der Waals surface area contributed by atoms with Crippen molar-refractivity contribution >= 4 is 17.2 Å². The number of carbonyl (C=O) groups is 1. The van der Waals surface area contributed by atoms with E-state index in [9.17, 15) is 26.7 Å². The van der Waals surface area contributed by atoms with Crippen molar-refractivity contribution in [3.8, 4) is 0 Å². The van der Waals surface area contributed by atoms with Crippen molar-refractivity contribution in [2.45, 2.75) is 32.0 Å². The fourth-order valence-electron chi connectivity index (χ4n) is 1.40. The molecule has 108 valence electrons. The molecule has 0 aromatic carbocycles. The summed E-state index contributed by atoms with van der Waals surface area (Å²) in [6.45, 7) is 3.24. The van der Waals surface area contributed by atoms with Crippen molar-refractivity contribution in [3.63, 3.8) is 0 Å². The number of nitrogens with one attached hydrogen (secondary N) is 1. The summed E-state index contributed by atoms with van der Waals surface area (Å²) in [5, 5.41) is 3.42. The van der Waals surface area contributed by atoms with Gasteiger partial charge in [-0.15, -0.1) is 11.3 Å². The molecule has 19 heavy (non-hydrogen) atoms. The molecule has 0 aliphatic carbocycles. The minimum Gasteiger partial charge on any atom is -0.343 e. The summed E-state index contributed by atoms with van der Waals surface area (Å²) in [5.74, 6) is -8.03. The van der Waals surface area contributed by atoms with Crippen LogP contribution in [-0.2, 0) is 4.79 Å². The maximum Gasteiger partial charge on any atom is 0.463 e. The Hall–Kier alpha value is -1.18. The molecule has 1 atom stereocenters. The summed E-state index contributed by atoms with van der Waals surface area (Å²) in [6.07, 6.45) is -5.89. The van der Waals surface area contributed by atoms with Crippen LogP contribution in [0.3, 0.4) is 0 Å². The third-order valence-electron chi connectivity index (χ3n) is 2.44. The molecule has 2 nitrogen and oxygen atoms in total. The molecule has 1 heterocycles. The molecule has 1 rings (SSSR count). The van der Waals surface area contributed by atoms with E-state index in [1.165, 1.54) is 11.3 Å². The quantitative estimate of drug-likeness (QED) is 0.843. The van der Waals surface area contributed by atoms with Gasteiger partial charge in [-0.2, -0.15) is 22.0 Å². The number of hydrogen-bond donors (Lipinski definition) is 1. The fourth-order valence-corrected chi connectivity index (χ4v) is 2.34. The largest absolute Gasteiger partial charge is 0.463 e. The van der Waals surface area contributed by atoms with E-state index < -0.39 is 24.0 Å². The molecule has 1 N–H and O–H groups in total. The zero-order valence-corrected chi connectivity index (χ0v) is 10.9. The van der Waals surface area contributed by atoms with Crippen molar-refractivity contribution in [2.24, 2.45) is 5.92 Å². The fraction of sp³-hybridized carbons (Fsp3) is 0.545. The van der Waals surface area contributed by atoms with Crippen LogP contribution in [0.2, 0.25) is 0 Å². The molecular formula is C11H12F5NOS. The molecule has 0 spiro atoms. The Morgan fingerprint density at radius 3 is 2.21 bits per heavy atom. The maximum absolute atomic E-state index is 12.9. The van der Waals surface area contributed by atoms with Gasteiger partial charge in [0.2, 0.25) is 0 Å². The Kier molecular flexibility index (Phi) is 4.54. The number of halogens is 5. The third kappa shape index (κ3) is 3.43. The average molecular weight is 301 g/mol. The molecule has 0 fully saturated rings. The van der Waals surface area contributed by atoms with E-state index in [0.29, 0.717) is 4.88 Å². The standard InChI is InChI=1S/C11H12F5NOS/c1-6(2)8(7-4-3-5-19-7)17-9(18)10(12,13)11(14,15)16/h3-6,8H,1-2H3,(H,17,18). The number of alkyl halides is 5. The Balaban J connectivity index is 2.90. The van der Waals surface area contributed by atoms with Gasteiger partial charge in [0, 0.05) is 4.88 Å². The SMILES string of the molecule is CC(C)C(NC(=O)C(F)(F)C(F)(F)F)c1cccs1. The zero-order chi connectivity index (χ0) is 14.8. The van der Waals surface area contributed by atoms with Crippen LogP contribution in [0.1, 0.15) is 24.8 Å². The molecule has 0 aliphatic heterocycles. The van der Waals surface area contributed by atoms with Crippen LogP contribution in [0.15, 0.2) is 17.5 Å². The van der Waals surface area contributed by atoms with Crippen LogP contribution in [0.4, 0.5) is 22.0 Å². The summed E-state index contributed by atoms with van der Waals surface area (Å²) in [5.41, 5.74) is 0. The highest BCUT2D eigenvalue weighted by Crippen LogP contribution is 2.36. The van der Waals surface area contributed by atoms with Crippen LogP contribution in [0.25, 0.3) is 0 Å². The molecule has 1 aromatic heterocycles. The summed E-state index contributed by atoms with van der Waals surface area (Å²) in [7, 11) is 0. The minimum atomic E-state index is -5.89. The second kappa shape index (κ2) is 5.44. The van der Waals surface area contributed by atoms with Crippen LogP contribution in [-0.4, -0.2) is 18.0 Å². The van der Waals surface area contributed by atoms with E-state index in [0.717, 1.165) is 0 Å². The van der Waals surface area contributed by atoms with Crippen molar-refractivity contribution < 1.29 is 26.7 Å². The van der Waals surface area contributed by atoms with Crippen molar-refractivity contribution in [1.29, 1.82) is 0 Å². The number of carbonyl (C=O) groups excluding carboxylic acids is 1. The number of rotatable bonds is 4. The van der Waals surface area contributed by atoms with Gasteiger partial charge in [0.05, 0.1) is 6.04 Å². The molecule has 1 aromatic rings. The first-order valence-corrected chi connectivity index (χ1v) is 6.24. The molecule has 1 amide bonds. The van der Waals surface area contributed by atoms with Gasteiger partial charge in [-0.05, 0) is 17.4 Å². The normalized spacial score (nSPS) is 14.5. The van der Waals surface area contributed by atoms with E-state index in [2.05, 4.69) is 0 Å². The molecule has 0 saturated heterocycles. The van der Waals surface area contributed by atoms with Gasteiger partial charge < -0.3 is 5.32 Å². The Morgan fingerprint density at radius 2 is 1.84 bits per heavy atom. The van der Waals surface area contributed by atoms with Crippen molar-refractivity contribution in [3.05, 3.63) is 22.4 Å². The lowest BCUT2D eigenvalue weighted by molar-refractivity contribution is -0.270. The van der Waals surface area contributed by atoms with Crippen LogP contribution in [0, 0.1) is 5.92 Å². The second-order valence-electron chi connectivity index (χ2n) is 4.28. The first-order chi connectivity index (χ1) is 8.57. The number of hydrogen-bond acceptors (Lipinski definition) is 2. The highest BCUT2D eigenvalue weighted by molar-refractivity contribution is 7.10. The van der Waals surface area contributed by atoms with E-state index in [1.54, 1.807) is 36.7 Å². The molecule has 0 radical (unpaired) electrons. The summed E-state index contributed by atoms with van der Waals surface area (Å²) >= 11 is 1.18. The van der Waals surface area contributed by atoms with Gasteiger partial charge in [0.25, 0.3) is 0 Å². The summed E-state index contributed by atoms with van der Waals surface area (Å²) in [6, 6.07) is 2.32. The van der Waals surface area contributed by atoms with Crippen LogP contribution < -0.4 is 5.32 Å². The third-order valence-corrected chi connectivity index (χ3v) is 3.40. The maximum atomic E-state index is 12.9. The summed E-state index contributed by atoms with van der Waals surface area (Å²) < 4.78 is 61.9. The van der Waals surface area contributed by atoms with Gasteiger partial charge in [0.1, 0.15) is 0 Å². The molecule has 0 bridgehead atoms. The lowest BCUT2D eigenvalue weighted by Crippen LogP contribution is -2.51. The monoisotopic (exact) mass is 301 g/mol. The predicted octanol–water partition coefficient (Wildman–Crippen LogP) is 3.76. The van der Waals surface area contributed by atoms with E-state index in [4.69, 9.17) is 0 Å². The Labute approximate surface area is 110 Å². The number of amides is 1. The molecule has 0 aliphatic rings. The summed E-state index contributed by atoms with van der Waals surface area (Å²) in [4.78, 5) is 11.7. The van der Waals surface area contributed by atoms with Gasteiger partial charge in [-0.25, -0.2) is 0 Å². The topological polar surface area (TPSA) is 29.1 Å². The Morgan fingerprint density at radius 1 is 1.26 bits per heavy atom. The van der Waals surface area contributed by atoms with Gasteiger partial charge in [-0.3, -0.25) is 4.79 Å².